The Hall–Kier alpha value is -2.33. The molecule has 0 radical (unpaired) electrons. The minimum atomic E-state index is -3.40. The van der Waals surface area contributed by atoms with Gasteiger partial charge in [0.05, 0.1) is 17.7 Å². The summed E-state index contributed by atoms with van der Waals surface area (Å²) in [6.07, 6.45) is 2.13. The van der Waals surface area contributed by atoms with E-state index in [1.165, 1.54) is 0 Å². The third-order valence-electron chi connectivity index (χ3n) is 5.12. The third kappa shape index (κ3) is 3.53. The molecular weight excluding hydrogens is 402 g/mol. The van der Waals surface area contributed by atoms with Gasteiger partial charge in [-0.1, -0.05) is 22.7 Å². The smallest absolute Gasteiger partial charge is 0.339 e. The lowest BCUT2D eigenvalue weighted by molar-refractivity contribution is -0.134. The molecule has 0 spiro atoms. The zero-order chi connectivity index (χ0) is 19.9. The standard InChI is InChI=1S/C18H19N3O5S2/c1-28(24,25)18-16(19-20-27-18)11-5-4-8-21(10-11)15(22)9-14-12-6-2-3-7-13(12)17(23)26-14/h2-3,6-7,11,14H,4-5,8-10H2,1H3/t11-,14-/m0/s1. The van der Waals surface area contributed by atoms with Crippen molar-refractivity contribution in [3.63, 3.8) is 0 Å². The van der Waals surface area contributed by atoms with Gasteiger partial charge in [-0.15, -0.1) is 5.10 Å². The van der Waals surface area contributed by atoms with Gasteiger partial charge >= 0.3 is 5.97 Å². The summed E-state index contributed by atoms with van der Waals surface area (Å²) in [6.45, 7) is 0.971. The maximum absolute atomic E-state index is 12.9. The van der Waals surface area contributed by atoms with E-state index in [-0.39, 0.29) is 22.5 Å². The molecular formula is C18H19N3O5S2. The second-order valence-electron chi connectivity index (χ2n) is 7.08. The van der Waals surface area contributed by atoms with E-state index in [1.54, 1.807) is 23.1 Å². The molecule has 0 unspecified atom stereocenters. The highest BCUT2D eigenvalue weighted by Gasteiger charge is 2.35. The van der Waals surface area contributed by atoms with Crippen LogP contribution in [-0.2, 0) is 19.4 Å². The Morgan fingerprint density at radius 3 is 2.93 bits per heavy atom. The topological polar surface area (TPSA) is 107 Å². The van der Waals surface area contributed by atoms with E-state index in [0.29, 0.717) is 24.3 Å². The molecule has 2 atom stereocenters. The summed E-state index contributed by atoms with van der Waals surface area (Å²) >= 11 is 0.868. The average molecular weight is 422 g/mol. The number of rotatable bonds is 4. The number of fused-ring (bicyclic) bond motifs is 1. The van der Waals surface area contributed by atoms with E-state index in [2.05, 4.69) is 9.59 Å². The number of hydrogen-bond donors (Lipinski definition) is 0. The number of likely N-dealkylation sites (tertiary alicyclic amines) is 1. The second-order valence-corrected chi connectivity index (χ2v) is 10.0. The van der Waals surface area contributed by atoms with Crippen molar-refractivity contribution >= 4 is 33.2 Å². The van der Waals surface area contributed by atoms with Crippen LogP contribution in [0, 0.1) is 0 Å². The summed E-state index contributed by atoms with van der Waals surface area (Å²) in [7, 11) is -3.40. The lowest BCUT2D eigenvalue weighted by atomic mass is 9.94. The number of ether oxygens (including phenoxy) is 1. The fourth-order valence-electron chi connectivity index (χ4n) is 3.78. The van der Waals surface area contributed by atoms with Gasteiger partial charge in [0.25, 0.3) is 0 Å². The van der Waals surface area contributed by atoms with E-state index in [9.17, 15) is 18.0 Å². The van der Waals surface area contributed by atoms with Crippen LogP contribution < -0.4 is 0 Å². The van der Waals surface area contributed by atoms with Crippen molar-refractivity contribution in [2.24, 2.45) is 0 Å². The fraction of sp³-hybridized carbons (Fsp3) is 0.444. The van der Waals surface area contributed by atoms with Crippen LogP contribution in [0.4, 0.5) is 0 Å². The molecule has 28 heavy (non-hydrogen) atoms. The van der Waals surface area contributed by atoms with Crippen LogP contribution >= 0.6 is 11.5 Å². The summed E-state index contributed by atoms with van der Waals surface area (Å²) in [6, 6.07) is 7.08. The predicted molar refractivity (Wildman–Crippen MR) is 101 cm³/mol. The highest BCUT2D eigenvalue weighted by Crippen LogP contribution is 2.35. The van der Waals surface area contributed by atoms with Crippen molar-refractivity contribution in [3.05, 3.63) is 41.1 Å². The van der Waals surface area contributed by atoms with Crippen LogP contribution in [0.25, 0.3) is 0 Å². The number of hydrogen-bond acceptors (Lipinski definition) is 8. The number of nitrogens with zero attached hydrogens (tertiary/aromatic N) is 3. The van der Waals surface area contributed by atoms with E-state index in [4.69, 9.17) is 4.74 Å². The molecule has 2 aliphatic rings. The molecule has 1 aromatic heterocycles. The molecule has 1 aromatic carbocycles. The maximum atomic E-state index is 12.9. The molecule has 0 aliphatic carbocycles. The van der Waals surface area contributed by atoms with Crippen molar-refractivity contribution in [1.82, 2.24) is 14.5 Å². The van der Waals surface area contributed by atoms with Crippen LogP contribution in [0.1, 0.15) is 52.9 Å². The van der Waals surface area contributed by atoms with Crippen LogP contribution in [0.5, 0.6) is 0 Å². The van der Waals surface area contributed by atoms with Crippen molar-refractivity contribution < 1.29 is 22.7 Å². The molecule has 1 amide bonds. The molecule has 2 aliphatic heterocycles. The summed E-state index contributed by atoms with van der Waals surface area (Å²) in [4.78, 5) is 26.5. The van der Waals surface area contributed by atoms with Crippen molar-refractivity contribution in [1.29, 1.82) is 0 Å². The Kier molecular flexibility index (Phi) is 4.92. The SMILES string of the molecule is CS(=O)(=O)c1snnc1[C@H]1CCCN(C(=O)C[C@@H]2OC(=O)c3ccccc32)C1. The van der Waals surface area contributed by atoms with Gasteiger partial charge in [-0.25, -0.2) is 13.2 Å². The van der Waals surface area contributed by atoms with Crippen molar-refractivity contribution in [2.45, 2.75) is 35.5 Å². The number of benzene rings is 1. The monoisotopic (exact) mass is 421 g/mol. The molecule has 1 saturated heterocycles. The Morgan fingerprint density at radius 2 is 2.14 bits per heavy atom. The first-order valence-electron chi connectivity index (χ1n) is 8.94. The number of aromatic nitrogens is 2. The quantitative estimate of drug-likeness (QED) is 0.695. The van der Waals surface area contributed by atoms with E-state index in [0.717, 1.165) is 36.2 Å². The predicted octanol–water partition coefficient (Wildman–Crippen LogP) is 1.95. The minimum absolute atomic E-state index is 0.0731. The molecule has 0 N–H and O–H groups in total. The molecule has 1 fully saturated rings. The van der Waals surface area contributed by atoms with Gasteiger partial charge in [0, 0.05) is 42.4 Å². The van der Waals surface area contributed by atoms with Gasteiger partial charge in [0.15, 0.2) is 14.0 Å². The van der Waals surface area contributed by atoms with Gasteiger partial charge in [-0.3, -0.25) is 4.79 Å². The minimum Gasteiger partial charge on any atom is -0.453 e. The largest absolute Gasteiger partial charge is 0.453 e. The Labute approximate surface area is 166 Å². The lowest BCUT2D eigenvalue weighted by Crippen LogP contribution is -2.40. The first-order chi connectivity index (χ1) is 13.3. The van der Waals surface area contributed by atoms with E-state index < -0.39 is 21.9 Å². The van der Waals surface area contributed by atoms with Gasteiger partial charge in [-0.05, 0) is 18.9 Å². The van der Waals surface area contributed by atoms with Crippen LogP contribution in [0.15, 0.2) is 28.5 Å². The summed E-state index contributed by atoms with van der Waals surface area (Å²) in [5.74, 6) is -0.695. The maximum Gasteiger partial charge on any atom is 0.339 e. The van der Waals surface area contributed by atoms with Gasteiger partial charge in [0.1, 0.15) is 6.10 Å². The van der Waals surface area contributed by atoms with Gasteiger partial charge in [0.2, 0.25) is 5.91 Å². The molecule has 0 bridgehead atoms. The molecule has 2 aromatic rings. The Balaban J connectivity index is 1.48. The highest BCUT2D eigenvalue weighted by molar-refractivity contribution is 7.92. The number of piperidine rings is 1. The van der Waals surface area contributed by atoms with Crippen LogP contribution in [0.3, 0.4) is 0 Å². The Morgan fingerprint density at radius 1 is 1.36 bits per heavy atom. The van der Waals surface area contributed by atoms with Crippen LogP contribution in [-0.4, -0.2) is 54.1 Å². The normalized spacial score (nSPS) is 22.0. The third-order valence-corrected chi connectivity index (χ3v) is 7.67. The van der Waals surface area contributed by atoms with E-state index >= 15 is 0 Å². The van der Waals surface area contributed by atoms with Gasteiger partial charge in [-0.2, -0.15) is 0 Å². The molecule has 4 rings (SSSR count). The number of carbonyl (C=O) groups is 2. The lowest BCUT2D eigenvalue weighted by Gasteiger charge is -2.32. The number of esters is 1. The number of amides is 1. The van der Waals surface area contributed by atoms with Crippen LogP contribution in [0.2, 0.25) is 0 Å². The average Bonchev–Trinajstić information content (AvgIpc) is 3.28. The first-order valence-corrected chi connectivity index (χ1v) is 11.6. The van der Waals surface area contributed by atoms with Gasteiger partial charge < -0.3 is 9.64 Å². The first kappa shape index (κ1) is 19.0. The summed E-state index contributed by atoms with van der Waals surface area (Å²) in [5.41, 5.74) is 1.68. The van der Waals surface area contributed by atoms with Crippen molar-refractivity contribution in [2.75, 3.05) is 19.3 Å². The zero-order valence-corrected chi connectivity index (χ0v) is 16.8. The summed E-state index contributed by atoms with van der Waals surface area (Å²) < 4.78 is 33.2. The highest BCUT2D eigenvalue weighted by atomic mass is 32.2. The molecule has 8 nitrogen and oxygen atoms in total. The number of cyclic esters (lactones) is 1. The fourth-order valence-corrected chi connectivity index (χ4v) is 5.51. The zero-order valence-electron chi connectivity index (χ0n) is 15.2. The second kappa shape index (κ2) is 7.25. The molecule has 3 heterocycles. The Bertz CT molecular complexity index is 1030. The summed E-state index contributed by atoms with van der Waals surface area (Å²) in [5, 5.41) is 4.03. The van der Waals surface area contributed by atoms with E-state index in [1.807, 2.05) is 6.07 Å². The molecule has 148 valence electrons. The molecule has 0 saturated carbocycles. The number of carbonyl (C=O) groups excluding carboxylic acids is 2. The number of sulfone groups is 1. The molecule has 10 heteroatoms. The van der Waals surface area contributed by atoms with Crippen molar-refractivity contribution in [3.8, 4) is 0 Å².